The van der Waals surface area contributed by atoms with Crippen LogP contribution in [0.25, 0.3) is 0 Å². The molecule has 1 unspecified atom stereocenters. The third-order valence-corrected chi connectivity index (χ3v) is 1.55. The first-order valence-corrected chi connectivity index (χ1v) is 4.92. The lowest BCUT2D eigenvalue weighted by atomic mass is 9.97. The van der Waals surface area contributed by atoms with Crippen LogP contribution in [0, 0.1) is 5.41 Å². The summed E-state index contributed by atoms with van der Waals surface area (Å²) in [6.07, 6.45) is -0.387. The SMILES string of the molecule is CCOCC(O)CNCC(C)(C)C. The van der Waals surface area contributed by atoms with Gasteiger partial charge in [0.05, 0.1) is 12.7 Å². The summed E-state index contributed by atoms with van der Waals surface area (Å²) in [6, 6.07) is 0. The Bertz CT molecular complexity index is 121. The predicted octanol–water partition coefficient (Wildman–Crippen LogP) is 1.02. The molecule has 0 amide bonds. The molecule has 0 radical (unpaired) electrons. The molecule has 0 aromatic heterocycles. The van der Waals surface area contributed by atoms with Gasteiger partial charge in [-0.1, -0.05) is 20.8 Å². The molecule has 0 aromatic rings. The van der Waals surface area contributed by atoms with Crippen molar-refractivity contribution in [3.05, 3.63) is 0 Å². The summed E-state index contributed by atoms with van der Waals surface area (Å²) in [5, 5.41) is 12.6. The van der Waals surface area contributed by atoms with E-state index in [9.17, 15) is 5.11 Å². The number of hydrogen-bond acceptors (Lipinski definition) is 3. The van der Waals surface area contributed by atoms with E-state index in [4.69, 9.17) is 4.74 Å². The maximum atomic E-state index is 9.39. The zero-order valence-corrected chi connectivity index (χ0v) is 9.26. The van der Waals surface area contributed by atoms with Crippen LogP contribution >= 0.6 is 0 Å². The van der Waals surface area contributed by atoms with Gasteiger partial charge in [0.25, 0.3) is 0 Å². The van der Waals surface area contributed by atoms with E-state index < -0.39 is 0 Å². The smallest absolute Gasteiger partial charge is 0.0897 e. The van der Waals surface area contributed by atoms with Crippen LogP contribution < -0.4 is 5.32 Å². The van der Waals surface area contributed by atoms with Gasteiger partial charge in [0.15, 0.2) is 0 Å². The molecule has 1 atom stereocenters. The minimum atomic E-state index is -0.387. The first-order chi connectivity index (χ1) is 5.95. The molecule has 0 saturated carbocycles. The number of hydrogen-bond donors (Lipinski definition) is 2. The third kappa shape index (κ3) is 9.80. The quantitative estimate of drug-likeness (QED) is 0.655. The fourth-order valence-electron chi connectivity index (χ4n) is 0.927. The molecule has 0 aliphatic heterocycles. The topological polar surface area (TPSA) is 41.5 Å². The van der Waals surface area contributed by atoms with Gasteiger partial charge in [0.2, 0.25) is 0 Å². The summed E-state index contributed by atoms with van der Waals surface area (Å²) < 4.78 is 5.09. The number of aliphatic hydroxyl groups excluding tert-OH is 1. The molecule has 0 aromatic carbocycles. The van der Waals surface area contributed by atoms with Gasteiger partial charge in [-0.25, -0.2) is 0 Å². The molecule has 0 saturated heterocycles. The van der Waals surface area contributed by atoms with Crippen LogP contribution in [0.15, 0.2) is 0 Å². The van der Waals surface area contributed by atoms with Gasteiger partial charge in [-0.05, 0) is 12.3 Å². The predicted molar refractivity (Wildman–Crippen MR) is 54.8 cm³/mol. The molecule has 0 aliphatic rings. The number of ether oxygens (including phenoxy) is 1. The Kier molecular flexibility index (Phi) is 6.29. The van der Waals surface area contributed by atoms with Gasteiger partial charge in [0.1, 0.15) is 0 Å². The van der Waals surface area contributed by atoms with Crippen molar-refractivity contribution in [2.24, 2.45) is 5.41 Å². The molecule has 0 bridgehead atoms. The van der Waals surface area contributed by atoms with Crippen LogP contribution in [-0.2, 0) is 4.74 Å². The summed E-state index contributed by atoms with van der Waals surface area (Å²) >= 11 is 0. The summed E-state index contributed by atoms with van der Waals surface area (Å²) in [5.74, 6) is 0. The summed E-state index contributed by atoms with van der Waals surface area (Å²) in [6.45, 7) is 11.0. The normalized spacial score (nSPS) is 14.5. The fourth-order valence-corrected chi connectivity index (χ4v) is 0.927. The molecule has 3 nitrogen and oxygen atoms in total. The third-order valence-electron chi connectivity index (χ3n) is 1.55. The standard InChI is InChI=1S/C10H23NO2/c1-5-13-7-9(12)6-11-8-10(2,3)4/h9,11-12H,5-8H2,1-4H3. The molecular weight excluding hydrogens is 166 g/mol. The first-order valence-electron chi connectivity index (χ1n) is 4.92. The minimum absolute atomic E-state index is 0.269. The molecule has 0 aliphatic carbocycles. The van der Waals surface area contributed by atoms with Gasteiger partial charge >= 0.3 is 0 Å². The van der Waals surface area contributed by atoms with E-state index in [-0.39, 0.29) is 11.5 Å². The highest BCUT2D eigenvalue weighted by atomic mass is 16.5. The molecule has 80 valence electrons. The van der Waals surface area contributed by atoms with Crippen molar-refractivity contribution in [2.75, 3.05) is 26.3 Å². The van der Waals surface area contributed by atoms with Crippen molar-refractivity contribution >= 4 is 0 Å². The van der Waals surface area contributed by atoms with E-state index in [2.05, 4.69) is 26.1 Å². The van der Waals surface area contributed by atoms with Crippen molar-refractivity contribution in [3.63, 3.8) is 0 Å². The van der Waals surface area contributed by atoms with Crippen molar-refractivity contribution in [2.45, 2.75) is 33.8 Å². The Morgan fingerprint density at radius 1 is 1.38 bits per heavy atom. The van der Waals surface area contributed by atoms with Crippen molar-refractivity contribution in [1.82, 2.24) is 5.32 Å². The number of aliphatic hydroxyl groups is 1. The van der Waals surface area contributed by atoms with Crippen molar-refractivity contribution in [3.8, 4) is 0 Å². The Morgan fingerprint density at radius 2 is 2.00 bits per heavy atom. The van der Waals surface area contributed by atoms with Crippen molar-refractivity contribution < 1.29 is 9.84 Å². The van der Waals surface area contributed by atoms with E-state index in [0.717, 1.165) is 6.54 Å². The molecule has 0 heterocycles. The number of nitrogens with one attached hydrogen (secondary N) is 1. The fraction of sp³-hybridized carbons (Fsp3) is 1.00. The second-order valence-electron chi connectivity index (χ2n) is 4.50. The van der Waals surface area contributed by atoms with E-state index in [1.54, 1.807) is 0 Å². The molecular formula is C10H23NO2. The first kappa shape index (κ1) is 12.9. The maximum Gasteiger partial charge on any atom is 0.0897 e. The van der Waals surface area contributed by atoms with Crippen LogP contribution in [0.5, 0.6) is 0 Å². The van der Waals surface area contributed by atoms with Crippen LogP contribution in [0.1, 0.15) is 27.7 Å². The van der Waals surface area contributed by atoms with Gasteiger partial charge in [-0.2, -0.15) is 0 Å². The lowest BCUT2D eigenvalue weighted by Crippen LogP contribution is -2.35. The Labute approximate surface area is 81.5 Å². The summed E-state index contributed by atoms with van der Waals surface area (Å²) in [4.78, 5) is 0. The van der Waals surface area contributed by atoms with Gasteiger partial charge in [-0.3, -0.25) is 0 Å². The zero-order chi connectivity index (χ0) is 10.3. The van der Waals surface area contributed by atoms with Gasteiger partial charge in [0, 0.05) is 19.7 Å². The molecule has 13 heavy (non-hydrogen) atoms. The lowest BCUT2D eigenvalue weighted by molar-refractivity contribution is 0.0419. The van der Waals surface area contributed by atoms with Gasteiger partial charge < -0.3 is 15.2 Å². The largest absolute Gasteiger partial charge is 0.389 e. The molecule has 0 fully saturated rings. The second kappa shape index (κ2) is 6.35. The monoisotopic (exact) mass is 189 g/mol. The molecule has 2 N–H and O–H groups in total. The van der Waals surface area contributed by atoms with E-state index in [1.165, 1.54) is 0 Å². The van der Waals surface area contributed by atoms with Gasteiger partial charge in [-0.15, -0.1) is 0 Å². The highest BCUT2D eigenvalue weighted by molar-refractivity contribution is 4.67. The Hall–Kier alpha value is -0.120. The molecule has 3 heteroatoms. The maximum absolute atomic E-state index is 9.39. The Morgan fingerprint density at radius 3 is 2.46 bits per heavy atom. The van der Waals surface area contributed by atoms with E-state index in [0.29, 0.717) is 19.8 Å². The second-order valence-corrected chi connectivity index (χ2v) is 4.50. The molecule has 0 rings (SSSR count). The van der Waals surface area contributed by atoms with Crippen LogP contribution in [0.4, 0.5) is 0 Å². The molecule has 0 spiro atoms. The average molecular weight is 189 g/mol. The van der Waals surface area contributed by atoms with Crippen LogP contribution in [0.3, 0.4) is 0 Å². The van der Waals surface area contributed by atoms with E-state index >= 15 is 0 Å². The van der Waals surface area contributed by atoms with E-state index in [1.807, 2.05) is 6.92 Å². The summed E-state index contributed by atoms with van der Waals surface area (Å²) in [5.41, 5.74) is 0.269. The lowest BCUT2D eigenvalue weighted by Gasteiger charge is -2.20. The highest BCUT2D eigenvalue weighted by Crippen LogP contribution is 2.09. The average Bonchev–Trinajstić information content (AvgIpc) is 1.98. The highest BCUT2D eigenvalue weighted by Gasteiger charge is 2.10. The zero-order valence-electron chi connectivity index (χ0n) is 9.26. The van der Waals surface area contributed by atoms with Crippen LogP contribution in [0.2, 0.25) is 0 Å². The van der Waals surface area contributed by atoms with Crippen LogP contribution in [-0.4, -0.2) is 37.5 Å². The summed E-state index contributed by atoms with van der Waals surface area (Å²) in [7, 11) is 0. The Balaban J connectivity index is 3.31. The van der Waals surface area contributed by atoms with Crippen molar-refractivity contribution in [1.29, 1.82) is 0 Å². The number of rotatable bonds is 6. The minimum Gasteiger partial charge on any atom is -0.389 e.